The van der Waals surface area contributed by atoms with Gasteiger partial charge in [-0.25, -0.2) is 4.98 Å². The highest BCUT2D eigenvalue weighted by molar-refractivity contribution is 7.26. The Morgan fingerprint density at radius 1 is 0.397 bits per heavy atom. The third kappa shape index (κ3) is 6.19. The summed E-state index contributed by atoms with van der Waals surface area (Å²) in [5.74, 6) is 0. The van der Waals surface area contributed by atoms with Crippen molar-refractivity contribution in [3.8, 4) is 55.8 Å². The Morgan fingerprint density at radius 3 is 1.89 bits per heavy atom. The van der Waals surface area contributed by atoms with E-state index in [0.29, 0.717) is 0 Å². The first-order valence-corrected chi connectivity index (χ1v) is 22.5. The van der Waals surface area contributed by atoms with Gasteiger partial charge in [0.05, 0.1) is 11.2 Å². The molecule has 0 N–H and O–H groups in total. The predicted octanol–water partition coefficient (Wildman–Crippen LogP) is 17.0. The fraction of sp³-hybridized carbons (Fsp3) is 0.0500. The van der Waals surface area contributed by atoms with Crippen LogP contribution in [0.3, 0.4) is 0 Å². The smallest absolute Gasteiger partial charge is 0.0794 e. The number of aromatic nitrogens is 1. The molecule has 11 aromatic rings. The number of pyridine rings is 1. The average molecular weight is 823 g/mol. The summed E-state index contributed by atoms with van der Waals surface area (Å²) >= 11 is 1.88. The molecule has 0 spiro atoms. The molecule has 0 saturated heterocycles. The fourth-order valence-corrected chi connectivity index (χ4v) is 11.2. The zero-order chi connectivity index (χ0) is 42.1. The van der Waals surface area contributed by atoms with Crippen LogP contribution in [-0.2, 0) is 5.41 Å². The minimum Gasteiger partial charge on any atom is -0.310 e. The number of thiophene rings is 1. The normalized spacial score (nSPS) is 12.7. The monoisotopic (exact) mass is 822 g/mol. The molecule has 0 fully saturated rings. The van der Waals surface area contributed by atoms with Crippen LogP contribution in [0.4, 0.5) is 17.1 Å². The van der Waals surface area contributed by atoms with Crippen LogP contribution in [0.15, 0.2) is 218 Å². The fourth-order valence-electron chi connectivity index (χ4n) is 9.96. The van der Waals surface area contributed by atoms with Gasteiger partial charge in [0.25, 0.3) is 0 Å². The molecule has 2 nitrogen and oxygen atoms in total. The second kappa shape index (κ2) is 14.8. The van der Waals surface area contributed by atoms with Gasteiger partial charge in [-0.3, -0.25) is 0 Å². The standard InChI is InChI=1S/C60H42N2S/c1-60(2)54-27-11-9-22-48(54)49-35-34-45(38-55(49)60)62(43-32-30-40(31-33-43)47-25-15-26-52-50-23-10-13-29-57(50)63-59(47)52)44-20-14-19-41(36-44)53-37-42-18-6-12-28-56(42)61-58(53)51-24-8-7-21-46(51)39-16-4-3-5-17-39/h3-38H,1-2H3. The molecule has 0 saturated carbocycles. The number of hydrogen-bond donors (Lipinski definition) is 0. The molecular weight excluding hydrogens is 781 g/mol. The number of fused-ring (bicyclic) bond motifs is 7. The molecule has 0 amide bonds. The van der Waals surface area contributed by atoms with Crippen LogP contribution in [0, 0.1) is 0 Å². The maximum absolute atomic E-state index is 5.43. The molecule has 1 aliphatic rings. The highest BCUT2D eigenvalue weighted by atomic mass is 32.1. The van der Waals surface area contributed by atoms with Crippen molar-refractivity contribution in [1.82, 2.24) is 4.98 Å². The van der Waals surface area contributed by atoms with Gasteiger partial charge in [-0.05, 0) is 105 Å². The molecule has 298 valence electrons. The SMILES string of the molecule is CC1(C)c2ccccc2-c2ccc(N(c3ccc(-c4cccc5c4sc4ccccc45)cc3)c3cccc(-c4cc5ccccc5nc4-c4ccccc4-c4ccccc4)c3)cc21. The maximum atomic E-state index is 5.43. The van der Waals surface area contributed by atoms with Crippen LogP contribution in [0.5, 0.6) is 0 Å². The molecule has 3 heteroatoms. The lowest BCUT2D eigenvalue weighted by Gasteiger charge is -2.29. The topological polar surface area (TPSA) is 16.1 Å². The van der Waals surface area contributed by atoms with Gasteiger partial charge >= 0.3 is 0 Å². The van der Waals surface area contributed by atoms with E-state index >= 15 is 0 Å². The van der Waals surface area contributed by atoms with Crippen molar-refractivity contribution in [2.24, 2.45) is 0 Å². The lowest BCUT2D eigenvalue weighted by Crippen LogP contribution is -2.16. The van der Waals surface area contributed by atoms with Gasteiger partial charge in [0, 0.05) is 59.2 Å². The van der Waals surface area contributed by atoms with Gasteiger partial charge in [-0.2, -0.15) is 0 Å². The predicted molar refractivity (Wildman–Crippen MR) is 269 cm³/mol. The molecule has 2 heterocycles. The highest BCUT2D eigenvalue weighted by Gasteiger charge is 2.35. The van der Waals surface area contributed by atoms with Gasteiger partial charge in [-0.1, -0.05) is 178 Å². The molecule has 0 radical (unpaired) electrons. The van der Waals surface area contributed by atoms with E-state index < -0.39 is 0 Å². The average Bonchev–Trinajstić information content (AvgIpc) is 3.83. The van der Waals surface area contributed by atoms with Gasteiger partial charge in [-0.15, -0.1) is 11.3 Å². The summed E-state index contributed by atoms with van der Waals surface area (Å²) in [7, 11) is 0. The Bertz CT molecular complexity index is 3540. The molecule has 0 aliphatic heterocycles. The molecule has 12 rings (SSSR count). The van der Waals surface area contributed by atoms with Crippen molar-refractivity contribution < 1.29 is 0 Å². The molecule has 1 aliphatic carbocycles. The second-order valence-corrected chi connectivity index (χ2v) is 18.2. The van der Waals surface area contributed by atoms with Crippen LogP contribution in [0.2, 0.25) is 0 Å². The van der Waals surface area contributed by atoms with E-state index in [4.69, 9.17) is 4.98 Å². The van der Waals surface area contributed by atoms with Crippen molar-refractivity contribution in [2.75, 3.05) is 4.90 Å². The van der Waals surface area contributed by atoms with Crippen molar-refractivity contribution in [3.05, 3.63) is 230 Å². The van der Waals surface area contributed by atoms with E-state index in [1.807, 2.05) is 11.3 Å². The van der Waals surface area contributed by atoms with E-state index in [-0.39, 0.29) is 5.41 Å². The van der Waals surface area contributed by atoms with Crippen molar-refractivity contribution in [1.29, 1.82) is 0 Å². The largest absolute Gasteiger partial charge is 0.310 e. The Balaban J connectivity index is 1.03. The summed E-state index contributed by atoms with van der Waals surface area (Å²) in [6.45, 7) is 4.72. The molecular formula is C60H42N2S. The summed E-state index contributed by atoms with van der Waals surface area (Å²) in [5, 5.41) is 3.74. The van der Waals surface area contributed by atoms with E-state index in [2.05, 4.69) is 237 Å². The summed E-state index contributed by atoms with van der Waals surface area (Å²) in [6, 6.07) is 79.7. The molecule has 63 heavy (non-hydrogen) atoms. The van der Waals surface area contributed by atoms with Gasteiger partial charge in [0.1, 0.15) is 0 Å². The van der Waals surface area contributed by atoms with Crippen LogP contribution in [-0.4, -0.2) is 4.98 Å². The minimum atomic E-state index is -0.139. The molecule has 9 aromatic carbocycles. The van der Waals surface area contributed by atoms with E-state index in [0.717, 1.165) is 55.9 Å². The van der Waals surface area contributed by atoms with Crippen LogP contribution < -0.4 is 4.90 Å². The van der Waals surface area contributed by atoms with Crippen LogP contribution in [0.1, 0.15) is 25.0 Å². The lowest BCUT2D eigenvalue weighted by atomic mass is 9.82. The second-order valence-electron chi connectivity index (χ2n) is 17.1. The zero-order valence-corrected chi connectivity index (χ0v) is 35.9. The molecule has 0 unspecified atom stereocenters. The number of para-hydroxylation sites is 1. The first-order chi connectivity index (χ1) is 31.0. The number of anilines is 3. The maximum Gasteiger partial charge on any atom is 0.0794 e. The number of rotatable bonds is 7. The Kier molecular flexibility index (Phi) is 8.74. The first kappa shape index (κ1) is 37.2. The summed E-state index contributed by atoms with van der Waals surface area (Å²) in [6.07, 6.45) is 0. The molecule has 2 aromatic heterocycles. The highest BCUT2D eigenvalue weighted by Crippen LogP contribution is 2.51. The Hall–Kier alpha value is -7.59. The van der Waals surface area contributed by atoms with Gasteiger partial charge < -0.3 is 4.90 Å². The van der Waals surface area contributed by atoms with Crippen LogP contribution >= 0.6 is 11.3 Å². The van der Waals surface area contributed by atoms with Crippen molar-refractivity contribution in [3.63, 3.8) is 0 Å². The van der Waals surface area contributed by atoms with Gasteiger partial charge in [0.2, 0.25) is 0 Å². The van der Waals surface area contributed by atoms with E-state index in [9.17, 15) is 0 Å². The quantitative estimate of drug-likeness (QED) is 0.159. The Labute approximate surface area is 372 Å². The third-order valence-corrected chi connectivity index (χ3v) is 14.3. The number of hydrogen-bond acceptors (Lipinski definition) is 3. The lowest BCUT2D eigenvalue weighted by molar-refractivity contribution is 0.660. The molecule has 0 bridgehead atoms. The third-order valence-electron chi connectivity index (χ3n) is 13.1. The van der Waals surface area contributed by atoms with Crippen molar-refractivity contribution in [2.45, 2.75) is 19.3 Å². The van der Waals surface area contributed by atoms with Crippen LogP contribution in [0.25, 0.3) is 86.8 Å². The Morgan fingerprint density at radius 2 is 1.02 bits per heavy atom. The van der Waals surface area contributed by atoms with E-state index in [1.54, 1.807) is 0 Å². The summed E-state index contributed by atoms with van der Waals surface area (Å²) in [5.41, 5.74) is 18.6. The summed E-state index contributed by atoms with van der Waals surface area (Å²) < 4.78 is 2.64. The van der Waals surface area contributed by atoms with E-state index in [1.165, 1.54) is 59.1 Å². The summed E-state index contributed by atoms with van der Waals surface area (Å²) in [4.78, 5) is 7.86. The number of benzene rings is 9. The minimum absolute atomic E-state index is 0.139. The first-order valence-electron chi connectivity index (χ1n) is 21.7. The molecule has 0 atom stereocenters. The van der Waals surface area contributed by atoms with Gasteiger partial charge in [0.15, 0.2) is 0 Å². The zero-order valence-electron chi connectivity index (χ0n) is 35.1. The number of nitrogens with zero attached hydrogens (tertiary/aromatic N) is 2. The van der Waals surface area contributed by atoms with Crippen molar-refractivity contribution >= 4 is 59.5 Å².